The molecule has 7 heteroatoms. The van der Waals surface area contributed by atoms with Gasteiger partial charge in [-0.25, -0.2) is 4.79 Å². The summed E-state index contributed by atoms with van der Waals surface area (Å²) in [7, 11) is 0. The fraction of sp³-hybridized carbons (Fsp3) is 0.292. The van der Waals surface area contributed by atoms with Crippen LogP contribution in [0.15, 0.2) is 54.6 Å². The van der Waals surface area contributed by atoms with Gasteiger partial charge in [-0.3, -0.25) is 5.32 Å². The molecule has 3 aromatic carbocycles. The quantitative estimate of drug-likeness (QED) is 0.518. The molecule has 0 unspecified atom stereocenters. The van der Waals surface area contributed by atoms with Crippen molar-refractivity contribution in [1.29, 1.82) is 0 Å². The molecule has 1 aliphatic rings. The number of aromatic hydroxyl groups is 1. The molecule has 162 valence electrons. The molecule has 0 saturated heterocycles. The number of benzene rings is 3. The smallest absolute Gasteiger partial charge is 0.412 e. The van der Waals surface area contributed by atoms with Crippen LogP contribution in [0.4, 0.5) is 10.5 Å². The van der Waals surface area contributed by atoms with Gasteiger partial charge >= 0.3 is 6.09 Å². The van der Waals surface area contributed by atoms with Crippen LogP contribution in [0.3, 0.4) is 0 Å². The summed E-state index contributed by atoms with van der Waals surface area (Å²) in [6.45, 7) is 3.97. The molecule has 0 spiro atoms. The van der Waals surface area contributed by atoms with E-state index in [0.717, 1.165) is 10.9 Å². The summed E-state index contributed by atoms with van der Waals surface area (Å²) in [6, 6.07) is 15.9. The van der Waals surface area contributed by atoms with Gasteiger partial charge in [-0.1, -0.05) is 44.2 Å². The summed E-state index contributed by atoms with van der Waals surface area (Å²) >= 11 is 0. The van der Waals surface area contributed by atoms with Crippen LogP contribution in [0, 0.1) is 5.41 Å². The van der Waals surface area contributed by atoms with Gasteiger partial charge < -0.3 is 24.4 Å². The van der Waals surface area contributed by atoms with Gasteiger partial charge in [0, 0.05) is 34.7 Å². The van der Waals surface area contributed by atoms with Crippen molar-refractivity contribution in [3.63, 3.8) is 0 Å². The van der Waals surface area contributed by atoms with Crippen LogP contribution in [0.1, 0.15) is 31.9 Å². The topological polar surface area (TPSA) is 97.3 Å². The zero-order valence-electron chi connectivity index (χ0n) is 17.4. The molecule has 4 rings (SSSR count). The largest absolute Gasteiger partial charge is 0.507 e. The highest BCUT2D eigenvalue weighted by Gasteiger charge is 2.35. The molecule has 0 aromatic heterocycles. The molecule has 0 radical (unpaired) electrons. The second-order valence-corrected chi connectivity index (χ2v) is 8.16. The number of fused-ring (bicyclic) bond motifs is 2. The van der Waals surface area contributed by atoms with Crippen molar-refractivity contribution in [2.45, 2.75) is 26.4 Å². The number of rotatable bonds is 6. The van der Waals surface area contributed by atoms with Crippen LogP contribution in [0.25, 0.3) is 10.8 Å². The van der Waals surface area contributed by atoms with E-state index in [1.165, 1.54) is 0 Å². The Kier molecular flexibility index (Phi) is 5.61. The number of hydrogen-bond acceptors (Lipinski definition) is 6. The fourth-order valence-corrected chi connectivity index (χ4v) is 3.83. The predicted octanol–water partition coefficient (Wildman–Crippen LogP) is 4.97. The van der Waals surface area contributed by atoms with Crippen molar-refractivity contribution in [2.75, 3.05) is 18.7 Å². The standard InChI is InChI=1S/C24H25NO6/c1-24(2,11-12-26)22(18-8-9-19(27)17-6-4-3-5-16(17)18)31-23(28)25-15-7-10-20-21(13-15)30-14-29-20/h3-10,13,22,26-27H,11-12,14H2,1-2H3,(H,25,28)/t22-/m0/s1. The predicted molar refractivity (Wildman–Crippen MR) is 117 cm³/mol. The lowest BCUT2D eigenvalue weighted by Gasteiger charge is -2.34. The van der Waals surface area contributed by atoms with E-state index in [2.05, 4.69) is 5.32 Å². The molecular formula is C24H25NO6. The number of carbonyl (C=O) groups excluding carboxylic acids is 1. The molecule has 0 fully saturated rings. The van der Waals surface area contributed by atoms with Gasteiger partial charge in [0.25, 0.3) is 0 Å². The Labute approximate surface area is 180 Å². The Bertz CT molecular complexity index is 1110. The van der Waals surface area contributed by atoms with Gasteiger partial charge in [-0.2, -0.15) is 0 Å². The second kappa shape index (κ2) is 8.35. The van der Waals surface area contributed by atoms with Crippen molar-refractivity contribution in [3.8, 4) is 17.2 Å². The SMILES string of the molecule is CC(C)(CCO)[C@@H](OC(=O)Nc1ccc2c(c1)OCO2)c1ccc(O)c2ccccc12. The van der Waals surface area contributed by atoms with E-state index in [4.69, 9.17) is 14.2 Å². The number of carbonyl (C=O) groups is 1. The Balaban J connectivity index is 1.65. The van der Waals surface area contributed by atoms with Crippen molar-refractivity contribution < 1.29 is 29.2 Å². The average Bonchev–Trinajstić information content (AvgIpc) is 3.21. The van der Waals surface area contributed by atoms with Gasteiger partial charge in [0.1, 0.15) is 11.9 Å². The number of hydrogen-bond donors (Lipinski definition) is 3. The zero-order valence-corrected chi connectivity index (χ0v) is 17.4. The first kappa shape index (κ1) is 20.8. The molecule has 31 heavy (non-hydrogen) atoms. The first-order chi connectivity index (χ1) is 14.9. The summed E-state index contributed by atoms with van der Waals surface area (Å²) in [4.78, 5) is 12.8. The average molecular weight is 423 g/mol. The van der Waals surface area contributed by atoms with E-state index in [9.17, 15) is 15.0 Å². The van der Waals surface area contributed by atoms with Gasteiger partial charge in [-0.05, 0) is 30.0 Å². The number of phenols is 1. The van der Waals surface area contributed by atoms with Gasteiger partial charge in [0.05, 0.1) is 0 Å². The molecule has 1 heterocycles. The molecule has 0 bridgehead atoms. The monoisotopic (exact) mass is 423 g/mol. The highest BCUT2D eigenvalue weighted by Crippen LogP contribution is 2.43. The van der Waals surface area contributed by atoms with Crippen LogP contribution in [0.5, 0.6) is 17.2 Å². The van der Waals surface area contributed by atoms with Crippen LogP contribution < -0.4 is 14.8 Å². The number of aliphatic hydroxyl groups excluding tert-OH is 1. The lowest BCUT2D eigenvalue weighted by molar-refractivity contribution is 0.0161. The molecule has 3 aromatic rings. The molecule has 0 saturated carbocycles. The summed E-state index contributed by atoms with van der Waals surface area (Å²) in [6.07, 6.45) is -0.879. The van der Waals surface area contributed by atoms with E-state index in [0.29, 0.717) is 29.0 Å². The highest BCUT2D eigenvalue weighted by molar-refractivity contribution is 5.92. The van der Waals surface area contributed by atoms with E-state index in [1.54, 1.807) is 30.3 Å². The molecule has 0 aliphatic carbocycles. The normalized spacial score (nSPS) is 13.8. The van der Waals surface area contributed by atoms with Gasteiger partial charge in [0.15, 0.2) is 11.5 Å². The maximum atomic E-state index is 12.8. The first-order valence-corrected chi connectivity index (χ1v) is 10.1. The van der Waals surface area contributed by atoms with Gasteiger partial charge in [-0.15, -0.1) is 0 Å². The zero-order chi connectivity index (χ0) is 22.0. The van der Waals surface area contributed by atoms with Crippen molar-refractivity contribution >= 4 is 22.6 Å². The fourth-order valence-electron chi connectivity index (χ4n) is 3.83. The van der Waals surface area contributed by atoms with Crippen molar-refractivity contribution in [2.24, 2.45) is 5.41 Å². The summed E-state index contributed by atoms with van der Waals surface area (Å²) in [5, 5.41) is 24.0. The third kappa shape index (κ3) is 4.22. The van der Waals surface area contributed by atoms with Gasteiger partial charge in [0.2, 0.25) is 6.79 Å². The minimum atomic E-state index is -0.667. The molecule has 1 aliphatic heterocycles. The number of nitrogens with one attached hydrogen (secondary N) is 1. The maximum Gasteiger partial charge on any atom is 0.412 e. The number of aliphatic hydroxyl groups is 1. The lowest BCUT2D eigenvalue weighted by Crippen LogP contribution is -2.30. The summed E-state index contributed by atoms with van der Waals surface area (Å²) in [5.74, 6) is 1.33. The molecular weight excluding hydrogens is 398 g/mol. The van der Waals surface area contributed by atoms with E-state index >= 15 is 0 Å². The van der Waals surface area contributed by atoms with E-state index in [1.807, 2.05) is 38.1 Å². The third-order valence-corrected chi connectivity index (χ3v) is 5.53. The van der Waals surface area contributed by atoms with E-state index < -0.39 is 17.6 Å². The number of phenolic OH excluding ortho intramolecular Hbond substituents is 1. The maximum absolute atomic E-state index is 12.8. The third-order valence-electron chi connectivity index (χ3n) is 5.53. The molecule has 1 amide bonds. The molecule has 7 nitrogen and oxygen atoms in total. The number of anilines is 1. The lowest BCUT2D eigenvalue weighted by atomic mass is 9.78. The van der Waals surface area contributed by atoms with E-state index in [-0.39, 0.29) is 19.1 Å². The first-order valence-electron chi connectivity index (χ1n) is 10.1. The summed E-state index contributed by atoms with van der Waals surface area (Å²) in [5.41, 5.74) is 0.706. The molecule has 3 N–H and O–H groups in total. The van der Waals surface area contributed by atoms with Crippen LogP contribution in [-0.4, -0.2) is 29.7 Å². The minimum Gasteiger partial charge on any atom is -0.507 e. The second-order valence-electron chi connectivity index (χ2n) is 8.16. The summed E-state index contributed by atoms with van der Waals surface area (Å²) < 4.78 is 16.6. The Morgan fingerprint density at radius 1 is 1.10 bits per heavy atom. The highest BCUT2D eigenvalue weighted by atomic mass is 16.7. The number of ether oxygens (including phenoxy) is 3. The van der Waals surface area contributed by atoms with Crippen molar-refractivity contribution in [1.82, 2.24) is 0 Å². The van der Waals surface area contributed by atoms with Crippen LogP contribution in [0.2, 0.25) is 0 Å². The van der Waals surface area contributed by atoms with Crippen LogP contribution >= 0.6 is 0 Å². The Morgan fingerprint density at radius 2 is 1.84 bits per heavy atom. The minimum absolute atomic E-state index is 0.0490. The van der Waals surface area contributed by atoms with Crippen molar-refractivity contribution in [3.05, 3.63) is 60.2 Å². The Morgan fingerprint density at radius 3 is 2.61 bits per heavy atom. The Hall–Kier alpha value is -3.45. The van der Waals surface area contributed by atoms with Crippen LogP contribution in [-0.2, 0) is 4.74 Å². The number of amides is 1. The molecule has 1 atom stereocenters.